The maximum atomic E-state index is 13.6. The van der Waals surface area contributed by atoms with Gasteiger partial charge in [-0.3, -0.25) is 9.59 Å². The number of morpholine rings is 1. The predicted octanol–water partition coefficient (Wildman–Crippen LogP) is 2.82. The minimum atomic E-state index is -0.116. The molecule has 2 saturated heterocycles. The fourth-order valence-electron chi connectivity index (χ4n) is 7.11. The Morgan fingerprint density at radius 3 is 2.11 bits per heavy atom. The summed E-state index contributed by atoms with van der Waals surface area (Å²) in [5, 5.41) is 0. The van der Waals surface area contributed by atoms with Crippen LogP contribution in [0.5, 0.6) is 0 Å². The number of ether oxygens (including phenoxy) is 1. The number of rotatable bonds is 2. The number of hydrogen-bond donors (Lipinski definition) is 0. The van der Waals surface area contributed by atoms with Crippen LogP contribution in [0.1, 0.15) is 51.4 Å². The van der Waals surface area contributed by atoms with Gasteiger partial charge in [0, 0.05) is 36.4 Å². The molecule has 2 aliphatic heterocycles. The molecule has 2 unspecified atom stereocenters. The van der Waals surface area contributed by atoms with Crippen LogP contribution >= 0.6 is 15.9 Å². The van der Waals surface area contributed by atoms with Crippen molar-refractivity contribution in [1.29, 1.82) is 0 Å². The summed E-state index contributed by atoms with van der Waals surface area (Å²) in [6.07, 6.45) is 8.72. The number of nitrogens with zero attached hydrogens (tertiary/aromatic N) is 2. The number of carbonyl (C=O) groups is 2. The zero-order valence-electron chi connectivity index (χ0n) is 16.1. The van der Waals surface area contributed by atoms with Gasteiger partial charge < -0.3 is 14.5 Å². The van der Waals surface area contributed by atoms with Crippen molar-refractivity contribution in [2.75, 3.05) is 39.4 Å². The standard InChI is InChI=1S/C21H31BrN2O3/c22-21-12-15-9-16(13-21)11-20(10-15,14-21)19(26)24-3-1-17(2-4-24)18(25)23-5-7-27-8-6-23/h15-17H,1-14H2. The van der Waals surface area contributed by atoms with E-state index in [0.717, 1.165) is 70.1 Å². The Hall–Kier alpha value is -0.620. The van der Waals surface area contributed by atoms with Crippen molar-refractivity contribution in [3.8, 4) is 0 Å². The molecule has 6 rings (SSSR count). The molecule has 6 heteroatoms. The van der Waals surface area contributed by atoms with Crippen LogP contribution < -0.4 is 0 Å². The third kappa shape index (κ3) is 3.25. The highest BCUT2D eigenvalue weighted by Crippen LogP contribution is 2.64. The monoisotopic (exact) mass is 438 g/mol. The lowest BCUT2D eigenvalue weighted by molar-refractivity contribution is -0.158. The van der Waals surface area contributed by atoms with Crippen LogP contribution in [0.2, 0.25) is 0 Å². The topological polar surface area (TPSA) is 49.9 Å². The number of amides is 2. The fourth-order valence-corrected chi connectivity index (χ4v) is 8.56. The lowest BCUT2D eigenvalue weighted by Gasteiger charge is -2.60. The van der Waals surface area contributed by atoms with Crippen molar-refractivity contribution >= 4 is 27.7 Å². The molecule has 0 N–H and O–H groups in total. The van der Waals surface area contributed by atoms with E-state index in [-0.39, 0.29) is 21.6 Å². The Morgan fingerprint density at radius 2 is 1.52 bits per heavy atom. The summed E-state index contributed by atoms with van der Waals surface area (Å²) in [5.74, 6) is 2.23. The third-order valence-corrected chi connectivity index (χ3v) is 8.83. The van der Waals surface area contributed by atoms with Crippen LogP contribution in [-0.4, -0.2) is 65.3 Å². The van der Waals surface area contributed by atoms with Crippen molar-refractivity contribution < 1.29 is 14.3 Å². The van der Waals surface area contributed by atoms with E-state index in [0.29, 0.717) is 19.1 Å². The molecule has 0 aromatic rings. The van der Waals surface area contributed by atoms with Crippen molar-refractivity contribution in [1.82, 2.24) is 9.80 Å². The van der Waals surface area contributed by atoms with Gasteiger partial charge in [0.25, 0.3) is 0 Å². The van der Waals surface area contributed by atoms with Gasteiger partial charge in [-0.2, -0.15) is 0 Å². The second-order valence-corrected chi connectivity index (χ2v) is 11.6. The van der Waals surface area contributed by atoms with Crippen LogP contribution in [0, 0.1) is 23.2 Å². The lowest BCUT2D eigenvalue weighted by atomic mass is 9.49. The van der Waals surface area contributed by atoms with Crippen LogP contribution in [-0.2, 0) is 14.3 Å². The van der Waals surface area contributed by atoms with Gasteiger partial charge in [-0.05, 0) is 63.2 Å². The van der Waals surface area contributed by atoms with E-state index in [1.54, 1.807) is 0 Å². The summed E-state index contributed by atoms with van der Waals surface area (Å²) in [6.45, 7) is 4.26. The first kappa shape index (κ1) is 18.4. The first-order chi connectivity index (χ1) is 13.0. The molecule has 5 nitrogen and oxygen atoms in total. The largest absolute Gasteiger partial charge is 0.378 e. The Bertz CT molecular complexity index is 611. The smallest absolute Gasteiger partial charge is 0.228 e. The third-order valence-electron chi connectivity index (χ3n) is 7.90. The lowest BCUT2D eigenvalue weighted by Crippen LogP contribution is -2.59. The van der Waals surface area contributed by atoms with Gasteiger partial charge in [0.05, 0.1) is 18.6 Å². The first-order valence-electron chi connectivity index (χ1n) is 10.8. The average molecular weight is 439 g/mol. The maximum Gasteiger partial charge on any atom is 0.228 e. The van der Waals surface area contributed by atoms with Gasteiger partial charge in [-0.1, -0.05) is 15.9 Å². The van der Waals surface area contributed by atoms with E-state index in [9.17, 15) is 9.59 Å². The summed E-state index contributed by atoms with van der Waals surface area (Å²) in [4.78, 5) is 30.4. The highest BCUT2D eigenvalue weighted by atomic mass is 79.9. The van der Waals surface area contributed by atoms with Crippen LogP contribution in [0.4, 0.5) is 0 Å². The fraction of sp³-hybridized carbons (Fsp3) is 0.905. The van der Waals surface area contributed by atoms with Gasteiger partial charge in [-0.25, -0.2) is 0 Å². The second kappa shape index (κ2) is 6.72. The molecule has 27 heavy (non-hydrogen) atoms. The van der Waals surface area contributed by atoms with E-state index in [4.69, 9.17) is 4.74 Å². The quantitative estimate of drug-likeness (QED) is 0.622. The minimum Gasteiger partial charge on any atom is -0.378 e. The summed E-state index contributed by atoms with van der Waals surface area (Å²) < 4.78 is 5.58. The minimum absolute atomic E-state index is 0.0889. The van der Waals surface area contributed by atoms with E-state index in [1.165, 1.54) is 19.3 Å². The number of carbonyl (C=O) groups excluding carboxylic acids is 2. The highest BCUT2D eigenvalue weighted by molar-refractivity contribution is 9.10. The van der Waals surface area contributed by atoms with Gasteiger partial charge in [-0.15, -0.1) is 0 Å². The normalized spacial score (nSPS) is 41.8. The van der Waals surface area contributed by atoms with Crippen molar-refractivity contribution in [3.63, 3.8) is 0 Å². The zero-order chi connectivity index (χ0) is 18.6. The number of alkyl halides is 1. The summed E-state index contributed by atoms with van der Waals surface area (Å²) in [6, 6.07) is 0. The van der Waals surface area contributed by atoms with Gasteiger partial charge >= 0.3 is 0 Å². The molecule has 150 valence electrons. The Labute approximate surface area is 170 Å². The number of hydrogen-bond acceptors (Lipinski definition) is 3. The zero-order valence-corrected chi connectivity index (χ0v) is 17.7. The van der Waals surface area contributed by atoms with E-state index >= 15 is 0 Å². The molecule has 6 fully saturated rings. The molecule has 2 atom stereocenters. The van der Waals surface area contributed by atoms with E-state index < -0.39 is 0 Å². The average Bonchev–Trinajstić information content (AvgIpc) is 2.66. The van der Waals surface area contributed by atoms with Crippen molar-refractivity contribution in [3.05, 3.63) is 0 Å². The number of piperidine rings is 1. The molecule has 4 bridgehead atoms. The molecule has 4 aliphatic carbocycles. The molecule has 0 radical (unpaired) electrons. The first-order valence-corrected chi connectivity index (χ1v) is 11.6. The van der Waals surface area contributed by atoms with Crippen molar-refractivity contribution in [2.24, 2.45) is 23.2 Å². The maximum absolute atomic E-state index is 13.6. The molecule has 2 heterocycles. The Morgan fingerprint density at radius 1 is 0.889 bits per heavy atom. The summed E-state index contributed by atoms with van der Waals surface area (Å²) >= 11 is 4.03. The Balaban J connectivity index is 1.22. The van der Waals surface area contributed by atoms with Gasteiger partial charge in [0.1, 0.15) is 0 Å². The number of likely N-dealkylation sites (tertiary alicyclic amines) is 1. The molecule has 0 spiro atoms. The van der Waals surface area contributed by atoms with E-state index in [1.807, 2.05) is 4.90 Å². The Kier molecular flexibility index (Phi) is 4.58. The molecular formula is C21H31BrN2O3. The molecule has 0 aromatic heterocycles. The van der Waals surface area contributed by atoms with Crippen LogP contribution in [0.25, 0.3) is 0 Å². The number of halogens is 1. The molecule has 0 aromatic carbocycles. The highest BCUT2D eigenvalue weighted by Gasteiger charge is 2.60. The summed E-state index contributed by atoms with van der Waals surface area (Å²) in [5.41, 5.74) is -0.116. The van der Waals surface area contributed by atoms with Gasteiger partial charge in [0.2, 0.25) is 11.8 Å². The SMILES string of the molecule is O=C(C1CCN(C(=O)C23CC4CC(CC(Br)(C4)C2)C3)CC1)N1CCOCC1. The van der Waals surface area contributed by atoms with Crippen LogP contribution in [0.15, 0.2) is 0 Å². The van der Waals surface area contributed by atoms with Gasteiger partial charge in [0.15, 0.2) is 0 Å². The van der Waals surface area contributed by atoms with E-state index in [2.05, 4.69) is 20.8 Å². The predicted molar refractivity (Wildman–Crippen MR) is 105 cm³/mol. The molecule has 4 saturated carbocycles. The molecule has 2 amide bonds. The molecule has 6 aliphatic rings. The second-order valence-electron chi connectivity index (χ2n) is 9.90. The van der Waals surface area contributed by atoms with Crippen LogP contribution in [0.3, 0.4) is 0 Å². The summed E-state index contributed by atoms with van der Waals surface area (Å²) in [7, 11) is 0. The molecular weight excluding hydrogens is 408 g/mol. The van der Waals surface area contributed by atoms with Crippen molar-refractivity contribution in [2.45, 2.75) is 55.7 Å².